The summed E-state index contributed by atoms with van der Waals surface area (Å²) in [7, 11) is 0. The maximum atomic E-state index is 12.1. The third-order valence-corrected chi connectivity index (χ3v) is 2.59. The third kappa shape index (κ3) is 2.81. The summed E-state index contributed by atoms with van der Waals surface area (Å²) in [5.41, 5.74) is 0. The summed E-state index contributed by atoms with van der Waals surface area (Å²) in [5, 5.41) is 0. The van der Waals surface area contributed by atoms with Gasteiger partial charge in [-0.05, 0) is 25.7 Å². The van der Waals surface area contributed by atoms with Crippen molar-refractivity contribution in [2.24, 2.45) is 11.8 Å². The van der Waals surface area contributed by atoms with Crippen molar-refractivity contribution >= 4 is 0 Å². The van der Waals surface area contributed by atoms with Gasteiger partial charge < -0.3 is 0 Å². The first-order chi connectivity index (χ1) is 5.91. The summed E-state index contributed by atoms with van der Waals surface area (Å²) in [6, 6.07) is 0. The van der Waals surface area contributed by atoms with Crippen LogP contribution in [0.25, 0.3) is 0 Å². The van der Waals surface area contributed by atoms with Gasteiger partial charge in [-0.1, -0.05) is 0 Å². The fourth-order valence-corrected chi connectivity index (χ4v) is 1.70. The minimum atomic E-state index is -4.20. The second-order valence-corrected chi connectivity index (χ2v) is 3.49. The average Bonchev–Trinajstić information content (AvgIpc) is 2.03. The average molecular weight is 202 g/mol. The van der Waals surface area contributed by atoms with E-state index in [2.05, 4.69) is 0 Å². The van der Waals surface area contributed by atoms with Gasteiger partial charge in [0.05, 0.1) is 5.92 Å². The summed E-state index contributed by atoms with van der Waals surface area (Å²) in [4.78, 5) is 0. The predicted molar refractivity (Wildman–Crippen MR) is 37.5 cm³/mol. The Morgan fingerprint density at radius 3 is 1.69 bits per heavy atom. The molecule has 5 heteroatoms. The fraction of sp³-hybridized carbons (Fsp3) is 1.00. The summed E-state index contributed by atoms with van der Waals surface area (Å²) in [6.45, 7) is 0. The first-order valence-corrected chi connectivity index (χ1v) is 4.26. The largest absolute Gasteiger partial charge is 0.391 e. The van der Waals surface area contributed by atoms with Crippen LogP contribution in [0.2, 0.25) is 0 Å². The molecule has 1 fully saturated rings. The molecule has 1 aliphatic rings. The van der Waals surface area contributed by atoms with E-state index in [9.17, 15) is 22.0 Å². The van der Waals surface area contributed by atoms with E-state index in [1.807, 2.05) is 0 Å². The van der Waals surface area contributed by atoms with Crippen LogP contribution in [0, 0.1) is 11.8 Å². The monoisotopic (exact) mass is 202 g/mol. The molecule has 0 N–H and O–H groups in total. The van der Waals surface area contributed by atoms with Crippen molar-refractivity contribution in [3.8, 4) is 0 Å². The van der Waals surface area contributed by atoms with Gasteiger partial charge in [0.1, 0.15) is 0 Å². The lowest BCUT2D eigenvalue weighted by molar-refractivity contribution is -0.186. The van der Waals surface area contributed by atoms with Gasteiger partial charge in [-0.3, -0.25) is 0 Å². The van der Waals surface area contributed by atoms with Crippen molar-refractivity contribution in [2.45, 2.75) is 38.3 Å². The molecule has 0 radical (unpaired) electrons. The first-order valence-electron chi connectivity index (χ1n) is 4.26. The molecule has 0 unspecified atom stereocenters. The Kier molecular flexibility index (Phi) is 3.14. The zero-order valence-electron chi connectivity index (χ0n) is 6.95. The van der Waals surface area contributed by atoms with Crippen LogP contribution in [0.4, 0.5) is 22.0 Å². The van der Waals surface area contributed by atoms with Crippen LogP contribution in [-0.2, 0) is 0 Å². The highest BCUT2D eigenvalue weighted by atomic mass is 19.4. The van der Waals surface area contributed by atoms with E-state index in [0.717, 1.165) is 0 Å². The molecular weight excluding hydrogens is 191 g/mol. The van der Waals surface area contributed by atoms with Crippen molar-refractivity contribution in [3.05, 3.63) is 0 Å². The van der Waals surface area contributed by atoms with E-state index >= 15 is 0 Å². The molecular formula is C8H11F5. The highest BCUT2D eigenvalue weighted by Gasteiger charge is 2.42. The predicted octanol–water partition coefficient (Wildman–Crippen LogP) is 3.62. The molecule has 0 spiro atoms. The molecule has 0 nitrogen and oxygen atoms in total. The van der Waals surface area contributed by atoms with Crippen molar-refractivity contribution in [3.63, 3.8) is 0 Å². The van der Waals surface area contributed by atoms with Crippen LogP contribution in [0.3, 0.4) is 0 Å². The lowest BCUT2D eigenvalue weighted by Gasteiger charge is -2.29. The van der Waals surface area contributed by atoms with Gasteiger partial charge in [0.25, 0.3) is 0 Å². The molecule has 0 aromatic heterocycles. The van der Waals surface area contributed by atoms with E-state index < -0.39 is 24.4 Å². The smallest absolute Gasteiger partial charge is 0.210 e. The molecule has 1 rings (SSSR count). The maximum Gasteiger partial charge on any atom is 0.391 e. The van der Waals surface area contributed by atoms with Gasteiger partial charge >= 0.3 is 6.18 Å². The van der Waals surface area contributed by atoms with Crippen molar-refractivity contribution in [1.29, 1.82) is 0 Å². The van der Waals surface area contributed by atoms with Crippen LogP contribution >= 0.6 is 0 Å². The summed E-state index contributed by atoms with van der Waals surface area (Å²) >= 11 is 0. The van der Waals surface area contributed by atoms with Crippen LogP contribution < -0.4 is 0 Å². The number of hydrogen-bond acceptors (Lipinski definition) is 0. The molecule has 0 amide bonds. The van der Waals surface area contributed by atoms with Crippen LogP contribution in [0.1, 0.15) is 25.7 Å². The molecule has 13 heavy (non-hydrogen) atoms. The molecule has 1 saturated carbocycles. The maximum absolute atomic E-state index is 12.1. The molecule has 0 saturated heterocycles. The van der Waals surface area contributed by atoms with Gasteiger partial charge in [-0.2, -0.15) is 13.2 Å². The van der Waals surface area contributed by atoms with Crippen LogP contribution in [-0.4, -0.2) is 12.6 Å². The van der Waals surface area contributed by atoms with Crippen molar-refractivity contribution in [2.75, 3.05) is 0 Å². The highest BCUT2D eigenvalue weighted by molar-refractivity contribution is 4.77. The molecule has 0 atom stereocenters. The number of hydrogen-bond donors (Lipinski definition) is 0. The van der Waals surface area contributed by atoms with E-state index in [4.69, 9.17) is 0 Å². The Balaban J connectivity index is 2.39. The van der Waals surface area contributed by atoms with E-state index in [1.165, 1.54) is 0 Å². The highest BCUT2D eigenvalue weighted by Crippen LogP contribution is 2.40. The zero-order valence-corrected chi connectivity index (χ0v) is 6.95. The molecule has 0 heterocycles. The molecule has 0 aromatic rings. The molecule has 0 aliphatic heterocycles. The Morgan fingerprint density at radius 2 is 1.38 bits per heavy atom. The normalized spacial score (nSPS) is 30.9. The Hall–Kier alpha value is -0.350. The molecule has 0 aromatic carbocycles. The van der Waals surface area contributed by atoms with Gasteiger partial charge in [-0.25, -0.2) is 8.78 Å². The number of rotatable bonds is 1. The third-order valence-electron chi connectivity index (χ3n) is 2.59. The second kappa shape index (κ2) is 3.80. The second-order valence-electron chi connectivity index (χ2n) is 3.49. The summed E-state index contributed by atoms with van der Waals surface area (Å²) < 4.78 is 60.4. The summed E-state index contributed by atoms with van der Waals surface area (Å²) in [6.07, 6.45) is -6.94. The minimum absolute atomic E-state index is 0.00183. The SMILES string of the molecule is FC(F)C1CCC(C(F)(F)F)CC1. The van der Waals surface area contributed by atoms with Gasteiger partial charge in [0.2, 0.25) is 6.43 Å². The molecule has 0 bridgehead atoms. The fourth-order valence-electron chi connectivity index (χ4n) is 1.70. The molecule has 78 valence electrons. The Morgan fingerprint density at radius 1 is 0.923 bits per heavy atom. The van der Waals surface area contributed by atoms with Gasteiger partial charge in [0, 0.05) is 5.92 Å². The van der Waals surface area contributed by atoms with Crippen LogP contribution in [0.5, 0.6) is 0 Å². The number of halogens is 5. The minimum Gasteiger partial charge on any atom is -0.210 e. The standard InChI is InChI=1S/C8H11F5/c9-7(10)5-1-3-6(4-2-5)8(11,12)13/h5-7H,1-4H2. The van der Waals surface area contributed by atoms with E-state index in [0.29, 0.717) is 0 Å². The van der Waals surface area contributed by atoms with Gasteiger partial charge in [0.15, 0.2) is 0 Å². The van der Waals surface area contributed by atoms with Crippen molar-refractivity contribution in [1.82, 2.24) is 0 Å². The lowest BCUT2D eigenvalue weighted by Crippen LogP contribution is -2.29. The zero-order chi connectivity index (χ0) is 10.1. The Bertz CT molecular complexity index is 154. The Labute approximate surface area is 73.1 Å². The quantitative estimate of drug-likeness (QED) is 0.569. The van der Waals surface area contributed by atoms with Crippen molar-refractivity contribution < 1.29 is 22.0 Å². The molecule has 1 aliphatic carbocycles. The van der Waals surface area contributed by atoms with Gasteiger partial charge in [-0.15, -0.1) is 0 Å². The van der Waals surface area contributed by atoms with Crippen LogP contribution in [0.15, 0.2) is 0 Å². The lowest BCUT2D eigenvalue weighted by atomic mass is 9.82. The first kappa shape index (κ1) is 10.7. The van der Waals surface area contributed by atoms with E-state index in [-0.39, 0.29) is 25.7 Å². The van der Waals surface area contributed by atoms with E-state index in [1.54, 1.807) is 0 Å². The number of alkyl halides is 5. The topological polar surface area (TPSA) is 0 Å². The summed E-state index contributed by atoms with van der Waals surface area (Å²) in [5.74, 6) is -2.18.